The van der Waals surface area contributed by atoms with E-state index in [4.69, 9.17) is 22.1 Å². The van der Waals surface area contributed by atoms with Gasteiger partial charge in [-0.05, 0) is 44.2 Å². The fraction of sp³-hybridized carbons (Fsp3) is 0.333. The standard InChI is InChI=1S/C15H17ClN2O3S2/c1-15(2)8-11(10-7-9(17)3-4-12(10)21-15)18-23(19,20)14-6-5-13(16)22-14/h3-7,11,18H,8,17H2,1-2H3. The highest BCUT2D eigenvalue weighted by Crippen LogP contribution is 2.41. The van der Waals surface area contributed by atoms with Gasteiger partial charge in [0.05, 0.1) is 10.4 Å². The summed E-state index contributed by atoms with van der Waals surface area (Å²) < 4.78 is 34.5. The lowest BCUT2D eigenvalue weighted by atomic mass is 9.90. The summed E-state index contributed by atoms with van der Waals surface area (Å²) in [6.45, 7) is 3.85. The predicted molar refractivity (Wildman–Crippen MR) is 92.6 cm³/mol. The number of nitrogens with one attached hydrogen (secondary N) is 1. The molecule has 0 radical (unpaired) electrons. The first-order valence-electron chi connectivity index (χ1n) is 7.02. The molecule has 124 valence electrons. The second kappa shape index (κ2) is 5.66. The quantitative estimate of drug-likeness (QED) is 0.807. The Bertz CT molecular complexity index is 846. The molecule has 3 N–H and O–H groups in total. The van der Waals surface area contributed by atoms with Gasteiger partial charge in [-0.2, -0.15) is 0 Å². The second-order valence-corrected chi connectivity index (χ2v) is 9.75. The van der Waals surface area contributed by atoms with Gasteiger partial charge in [0.25, 0.3) is 10.0 Å². The third kappa shape index (κ3) is 3.47. The van der Waals surface area contributed by atoms with E-state index in [1.807, 2.05) is 13.8 Å². The molecule has 3 rings (SSSR count). The van der Waals surface area contributed by atoms with Crippen molar-refractivity contribution in [3.63, 3.8) is 0 Å². The molecule has 2 heterocycles. The van der Waals surface area contributed by atoms with Gasteiger partial charge in [-0.3, -0.25) is 0 Å². The molecule has 0 aliphatic carbocycles. The van der Waals surface area contributed by atoms with Crippen LogP contribution in [-0.2, 0) is 10.0 Å². The van der Waals surface area contributed by atoms with Crippen molar-refractivity contribution < 1.29 is 13.2 Å². The minimum absolute atomic E-state index is 0.192. The van der Waals surface area contributed by atoms with E-state index in [9.17, 15) is 8.42 Å². The van der Waals surface area contributed by atoms with Gasteiger partial charge in [-0.15, -0.1) is 11.3 Å². The Labute approximate surface area is 144 Å². The lowest BCUT2D eigenvalue weighted by molar-refractivity contribution is 0.0702. The van der Waals surface area contributed by atoms with Crippen LogP contribution in [0.25, 0.3) is 0 Å². The number of hydrogen-bond donors (Lipinski definition) is 2. The molecule has 0 bridgehead atoms. The van der Waals surface area contributed by atoms with Gasteiger partial charge in [-0.25, -0.2) is 13.1 Å². The van der Waals surface area contributed by atoms with Crippen LogP contribution in [0.4, 0.5) is 5.69 Å². The molecule has 0 saturated heterocycles. The summed E-state index contributed by atoms with van der Waals surface area (Å²) in [5.41, 5.74) is 6.67. The Morgan fingerprint density at radius 1 is 1.35 bits per heavy atom. The van der Waals surface area contributed by atoms with Gasteiger partial charge in [0.2, 0.25) is 0 Å². The van der Waals surface area contributed by atoms with Crippen molar-refractivity contribution in [2.45, 2.75) is 36.1 Å². The first kappa shape index (κ1) is 16.6. The van der Waals surface area contributed by atoms with Gasteiger partial charge < -0.3 is 10.5 Å². The van der Waals surface area contributed by atoms with E-state index < -0.39 is 21.7 Å². The third-order valence-electron chi connectivity index (χ3n) is 3.60. The Kier molecular flexibility index (Phi) is 4.08. The summed E-state index contributed by atoms with van der Waals surface area (Å²) in [4.78, 5) is 0. The van der Waals surface area contributed by atoms with E-state index >= 15 is 0 Å². The summed E-state index contributed by atoms with van der Waals surface area (Å²) in [7, 11) is -3.66. The smallest absolute Gasteiger partial charge is 0.250 e. The van der Waals surface area contributed by atoms with Crippen molar-refractivity contribution in [3.05, 3.63) is 40.2 Å². The lowest BCUT2D eigenvalue weighted by Crippen LogP contribution is -2.41. The number of fused-ring (bicyclic) bond motifs is 1. The Hall–Kier alpha value is -1.28. The molecule has 1 aliphatic rings. The zero-order valence-electron chi connectivity index (χ0n) is 12.7. The molecular weight excluding hydrogens is 356 g/mol. The molecule has 0 spiro atoms. The molecule has 1 aromatic heterocycles. The van der Waals surface area contributed by atoms with Crippen molar-refractivity contribution in [1.29, 1.82) is 0 Å². The summed E-state index contributed by atoms with van der Waals surface area (Å²) in [6.07, 6.45) is 0.502. The Balaban J connectivity index is 1.98. The average Bonchev–Trinajstić information content (AvgIpc) is 2.86. The van der Waals surface area contributed by atoms with Gasteiger partial charge >= 0.3 is 0 Å². The van der Waals surface area contributed by atoms with Crippen LogP contribution < -0.4 is 15.2 Å². The number of halogens is 1. The molecule has 0 saturated carbocycles. The van der Waals surface area contributed by atoms with Gasteiger partial charge in [-0.1, -0.05) is 11.6 Å². The summed E-state index contributed by atoms with van der Waals surface area (Å²) >= 11 is 6.87. The third-order valence-corrected chi connectivity index (χ3v) is 6.80. The summed E-state index contributed by atoms with van der Waals surface area (Å²) in [6, 6.07) is 7.92. The van der Waals surface area contributed by atoms with E-state index in [0.717, 1.165) is 16.9 Å². The van der Waals surface area contributed by atoms with E-state index in [-0.39, 0.29) is 4.21 Å². The van der Waals surface area contributed by atoms with Crippen LogP contribution >= 0.6 is 22.9 Å². The molecule has 1 unspecified atom stereocenters. The van der Waals surface area contributed by atoms with Crippen LogP contribution in [-0.4, -0.2) is 14.0 Å². The largest absolute Gasteiger partial charge is 0.487 e. The molecule has 1 atom stereocenters. The number of anilines is 1. The Morgan fingerprint density at radius 2 is 2.09 bits per heavy atom. The summed E-state index contributed by atoms with van der Waals surface area (Å²) in [5.74, 6) is 0.646. The van der Waals surface area contributed by atoms with Crippen molar-refractivity contribution in [2.75, 3.05) is 5.73 Å². The minimum Gasteiger partial charge on any atom is -0.487 e. The van der Waals surface area contributed by atoms with Crippen LogP contribution in [0, 0.1) is 0 Å². The number of nitrogens with two attached hydrogens (primary N) is 1. The van der Waals surface area contributed by atoms with Crippen LogP contribution in [0.1, 0.15) is 31.9 Å². The number of thiophene rings is 1. The van der Waals surface area contributed by atoms with E-state index in [0.29, 0.717) is 22.2 Å². The molecule has 1 aliphatic heterocycles. The Morgan fingerprint density at radius 3 is 2.74 bits per heavy atom. The van der Waals surface area contributed by atoms with Crippen molar-refractivity contribution in [3.8, 4) is 5.75 Å². The molecule has 0 amide bonds. The van der Waals surface area contributed by atoms with Crippen molar-refractivity contribution in [1.82, 2.24) is 4.72 Å². The van der Waals surface area contributed by atoms with E-state index in [2.05, 4.69) is 4.72 Å². The first-order chi connectivity index (χ1) is 10.7. The maximum Gasteiger partial charge on any atom is 0.250 e. The maximum atomic E-state index is 12.6. The fourth-order valence-electron chi connectivity index (χ4n) is 2.67. The van der Waals surface area contributed by atoms with Crippen LogP contribution in [0.2, 0.25) is 4.34 Å². The normalized spacial score (nSPS) is 19.9. The number of benzene rings is 1. The zero-order valence-corrected chi connectivity index (χ0v) is 15.1. The molecule has 1 aromatic carbocycles. The van der Waals surface area contributed by atoms with Gasteiger partial charge in [0.15, 0.2) is 0 Å². The number of sulfonamides is 1. The fourth-order valence-corrected chi connectivity index (χ4v) is 5.38. The number of ether oxygens (including phenoxy) is 1. The van der Waals surface area contributed by atoms with Gasteiger partial charge in [0.1, 0.15) is 15.6 Å². The van der Waals surface area contributed by atoms with Crippen molar-refractivity contribution in [2.24, 2.45) is 0 Å². The summed E-state index contributed by atoms with van der Waals surface area (Å²) in [5, 5.41) is 0. The number of nitrogen functional groups attached to an aromatic ring is 1. The molecule has 8 heteroatoms. The number of rotatable bonds is 3. The highest BCUT2D eigenvalue weighted by atomic mass is 35.5. The highest BCUT2D eigenvalue weighted by molar-refractivity contribution is 7.91. The van der Waals surface area contributed by atoms with E-state index in [1.54, 1.807) is 24.3 Å². The highest BCUT2D eigenvalue weighted by Gasteiger charge is 2.36. The molecule has 0 fully saturated rings. The van der Waals surface area contributed by atoms with Crippen LogP contribution in [0.5, 0.6) is 5.75 Å². The van der Waals surface area contributed by atoms with E-state index in [1.165, 1.54) is 6.07 Å². The molecule has 5 nitrogen and oxygen atoms in total. The van der Waals surface area contributed by atoms with Gasteiger partial charge in [0, 0.05) is 17.7 Å². The minimum atomic E-state index is -3.66. The van der Waals surface area contributed by atoms with Crippen LogP contribution in [0.15, 0.2) is 34.5 Å². The zero-order chi connectivity index (χ0) is 16.8. The van der Waals surface area contributed by atoms with Crippen LogP contribution in [0.3, 0.4) is 0 Å². The topological polar surface area (TPSA) is 81.4 Å². The monoisotopic (exact) mass is 372 g/mol. The number of hydrogen-bond acceptors (Lipinski definition) is 5. The molecular formula is C15H17ClN2O3S2. The maximum absolute atomic E-state index is 12.6. The lowest BCUT2D eigenvalue weighted by Gasteiger charge is -2.37. The molecule has 2 aromatic rings. The predicted octanol–water partition coefficient (Wildman–Crippen LogP) is 3.56. The SMILES string of the molecule is CC1(C)CC(NS(=O)(=O)c2ccc(Cl)s2)c2cc(N)ccc2O1. The first-order valence-corrected chi connectivity index (χ1v) is 9.70. The molecule has 23 heavy (non-hydrogen) atoms. The van der Waals surface area contributed by atoms with Crippen molar-refractivity contribution >= 4 is 38.6 Å². The second-order valence-electron chi connectivity index (χ2n) is 6.10. The average molecular weight is 373 g/mol.